The van der Waals surface area contributed by atoms with E-state index in [1.807, 2.05) is 6.92 Å². The van der Waals surface area contributed by atoms with Gasteiger partial charge in [0.05, 0.1) is 0 Å². The van der Waals surface area contributed by atoms with Gasteiger partial charge >= 0.3 is 0 Å². The van der Waals surface area contributed by atoms with Gasteiger partial charge in [-0.05, 0) is 55.9 Å². The second-order valence-electron chi connectivity index (χ2n) is 6.29. The Bertz CT molecular complexity index is 643. The maximum absolute atomic E-state index is 12.0. The summed E-state index contributed by atoms with van der Waals surface area (Å²) in [4.78, 5) is 23.8. The molecule has 1 aromatic rings. The molecule has 0 bridgehead atoms. The van der Waals surface area contributed by atoms with E-state index in [1.54, 1.807) is 18.2 Å². The highest BCUT2D eigenvalue weighted by atomic mass is 35.5. The summed E-state index contributed by atoms with van der Waals surface area (Å²) in [5, 5.41) is 7.64. The molecule has 0 aromatic heterocycles. The summed E-state index contributed by atoms with van der Waals surface area (Å²) in [5.74, 6) is -0.00672. The van der Waals surface area contributed by atoms with Gasteiger partial charge in [-0.1, -0.05) is 24.9 Å². The average Bonchev–Trinajstić information content (AvgIpc) is 2.55. The van der Waals surface area contributed by atoms with Crippen molar-refractivity contribution in [2.45, 2.75) is 52.4 Å². The van der Waals surface area contributed by atoms with Gasteiger partial charge in [-0.25, -0.2) is 5.43 Å². The average molecular weight is 350 g/mol. The van der Waals surface area contributed by atoms with E-state index in [4.69, 9.17) is 11.6 Å². The molecule has 6 heteroatoms. The Balaban J connectivity index is 1.76. The number of halogens is 1. The SMILES string of the molecule is Cc1cc(Cl)ccc1NC(=O)CCC(=O)NN=C1CCCCC1C. The Kier molecular flexibility index (Phi) is 6.79. The molecule has 0 saturated heterocycles. The Morgan fingerprint density at radius 2 is 2.00 bits per heavy atom. The molecule has 1 aromatic carbocycles. The Morgan fingerprint density at radius 3 is 2.71 bits per heavy atom. The molecule has 0 aliphatic heterocycles. The summed E-state index contributed by atoms with van der Waals surface area (Å²) in [5.41, 5.74) is 5.22. The maximum atomic E-state index is 12.0. The van der Waals surface area contributed by atoms with Crippen LogP contribution < -0.4 is 10.7 Å². The lowest BCUT2D eigenvalue weighted by molar-refractivity contribution is -0.124. The number of nitrogens with one attached hydrogen (secondary N) is 2. The first-order valence-electron chi connectivity index (χ1n) is 8.37. The molecule has 2 N–H and O–H groups in total. The van der Waals surface area contributed by atoms with Crippen molar-refractivity contribution in [3.63, 3.8) is 0 Å². The molecule has 1 unspecified atom stereocenters. The summed E-state index contributed by atoms with van der Waals surface area (Å²) < 4.78 is 0. The molecule has 24 heavy (non-hydrogen) atoms. The zero-order chi connectivity index (χ0) is 17.5. The fourth-order valence-corrected chi connectivity index (χ4v) is 2.96. The van der Waals surface area contributed by atoms with E-state index in [1.165, 1.54) is 6.42 Å². The minimum Gasteiger partial charge on any atom is -0.326 e. The minimum absolute atomic E-state index is 0.115. The number of aryl methyl sites for hydroxylation is 1. The number of benzene rings is 1. The zero-order valence-corrected chi connectivity index (χ0v) is 14.9. The molecule has 1 fully saturated rings. The smallest absolute Gasteiger partial charge is 0.240 e. The molecule has 1 atom stereocenters. The molecule has 130 valence electrons. The predicted octanol–water partition coefficient (Wildman–Crippen LogP) is 4.05. The first kappa shape index (κ1) is 18.5. The third-order valence-electron chi connectivity index (χ3n) is 4.25. The summed E-state index contributed by atoms with van der Waals surface area (Å²) >= 11 is 5.89. The largest absolute Gasteiger partial charge is 0.326 e. The van der Waals surface area contributed by atoms with Crippen molar-refractivity contribution in [2.75, 3.05) is 5.32 Å². The lowest BCUT2D eigenvalue weighted by atomic mass is 9.89. The van der Waals surface area contributed by atoms with E-state index in [-0.39, 0.29) is 24.7 Å². The monoisotopic (exact) mass is 349 g/mol. The van der Waals surface area contributed by atoms with Crippen LogP contribution in [-0.4, -0.2) is 17.5 Å². The summed E-state index contributed by atoms with van der Waals surface area (Å²) in [6, 6.07) is 5.26. The third-order valence-corrected chi connectivity index (χ3v) is 4.49. The van der Waals surface area contributed by atoms with E-state index in [9.17, 15) is 9.59 Å². The number of hydrogen-bond donors (Lipinski definition) is 2. The number of hydrazone groups is 1. The van der Waals surface area contributed by atoms with Crippen molar-refractivity contribution >= 4 is 34.8 Å². The van der Waals surface area contributed by atoms with E-state index in [0.29, 0.717) is 16.6 Å². The van der Waals surface area contributed by atoms with Gasteiger partial charge in [0.15, 0.2) is 0 Å². The van der Waals surface area contributed by atoms with Crippen LogP contribution >= 0.6 is 11.6 Å². The lowest BCUT2D eigenvalue weighted by Gasteiger charge is -2.19. The number of rotatable bonds is 5. The number of carbonyl (C=O) groups excluding carboxylic acids is 2. The molecule has 1 aliphatic carbocycles. The van der Waals surface area contributed by atoms with Crippen LogP contribution in [0.15, 0.2) is 23.3 Å². The normalized spacial score (nSPS) is 19.1. The van der Waals surface area contributed by atoms with E-state index >= 15 is 0 Å². The van der Waals surface area contributed by atoms with E-state index in [2.05, 4.69) is 22.8 Å². The third kappa shape index (κ3) is 5.64. The van der Waals surface area contributed by atoms with E-state index in [0.717, 1.165) is 30.5 Å². The molecule has 2 amide bonds. The van der Waals surface area contributed by atoms with Gasteiger partial charge in [0, 0.05) is 29.3 Å². The maximum Gasteiger partial charge on any atom is 0.240 e. The molecule has 1 aliphatic rings. The Labute approximate surface area is 147 Å². The van der Waals surface area contributed by atoms with Crippen molar-refractivity contribution in [3.8, 4) is 0 Å². The molecule has 1 saturated carbocycles. The highest BCUT2D eigenvalue weighted by Gasteiger charge is 2.16. The highest BCUT2D eigenvalue weighted by Crippen LogP contribution is 2.21. The summed E-state index contributed by atoms with van der Waals surface area (Å²) in [7, 11) is 0. The van der Waals surface area contributed by atoms with E-state index < -0.39 is 0 Å². The highest BCUT2D eigenvalue weighted by molar-refractivity contribution is 6.30. The Hall–Kier alpha value is -1.88. The van der Waals surface area contributed by atoms with Crippen LogP contribution in [0.2, 0.25) is 5.02 Å². The fraction of sp³-hybridized carbons (Fsp3) is 0.500. The van der Waals surface area contributed by atoms with Crippen molar-refractivity contribution in [2.24, 2.45) is 11.0 Å². The van der Waals surface area contributed by atoms with Gasteiger partial charge in [0.25, 0.3) is 0 Å². The summed E-state index contributed by atoms with van der Waals surface area (Å²) in [6.45, 7) is 4.00. The topological polar surface area (TPSA) is 70.6 Å². The molecular formula is C18H24ClN3O2. The molecular weight excluding hydrogens is 326 g/mol. The number of carbonyl (C=O) groups is 2. The fourth-order valence-electron chi connectivity index (χ4n) is 2.73. The van der Waals surface area contributed by atoms with Gasteiger partial charge < -0.3 is 5.32 Å². The molecule has 0 radical (unpaired) electrons. The number of anilines is 1. The lowest BCUT2D eigenvalue weighted by Crippen LogP contribution is -2.25. The van der Waals surface area contributed by atoms with Gasteiger partial charge in [-0.3, -0.25) is 9.59 Å². The molecule has 0 heterocycles. The second-order valence-corrected chi connectivity index (χ2v) is 6.73. The number of hydrogen-bond acceptors (Lipinski definition) is 3. The second kappa shape index (κ2) is 8.83. The molecule has 0 spiro atoms. The van der Waals surface area contributed by atoms with Gasteiger partial charge in [-0.2, -0.15) is 5.10 Å². The van der Waals surface area contributed by atoms with Crippen molar-refractivity contribution in [1.82, 2.24) is 5.43 Å². The van der Waals surface area contributed by atoms with Crippen LogP contribution in [0.3, 0.4) is 0 Å². The first-order valence-corrected chi connectivity index (χ1v) is 8.75. The summed E-state index contributed by atoms with van der Waals surface area (Å²) in [6.07, 6.45) is 4.65. The molecule has 5 nitrogen and oxygen atoms in total. The van der Waals surface area contributed by atoms with Gasteiger partial charge in [-0.15, -0.1) is 0 Å². The van der Waals surface area contributed by atoms with Gasteiger partial charge in [0.1, 0.15) is 0 Å². The predicted molar refractivity (Wildman–Crippen MR) is 97.3 cm³/mol. The minimum atomic E-state index is -0.233. The van der Waals surface area contributed by atoms with Crippen LogP contribution in [-0.2, 0) is 9.59 Å². The zero-order valence-electron chi connectivity index (χ0n) is 14.2. The number of nitrogens with zero attached hydrogens (tertiary/aromatic N) is 1. The quantitative estimate of drug-likeness (QED) is 0.787. The molecule has 2 rings (SSSR count). The first-order chi connectivity index (χ1) is 11.5. The number of amides is 2. The Morgan fingerprint density at radius 1 is 1.25 bits per heavy atom. The van der Waals surface area contributed by atoms with Crippen molar-refractivity contribution in [3.05, 3.63) is 28.8 Å². The van der Waals surface area contributed by atoms with Crippen LogP contribution in [0, 0.1) is 12.8 Å². The van der Waals surface area contributed by atoms with Gasteiger partial charge in [0.2, 0.25) is 11.8 Å². The standard InChI is InChI=1S/C18H24ClN3O2/c1-12-5-3-4-6-16(12)21-22-18(24)10-9-17(23)20-15-8-7-14(19)11-13(15)2/h7-8,11-12H,3-6,9-10H2,1-2H3,(H,20,23)(H,22,24). The van der Waals surface area contributed by atoms with Crippen LogP contribution in [0.1, 0.15) is 51.0 Å². The van der Waals surface area contributed by atoms with Crippen LogP contribution in [0.25, 0.3) is 0 Å². The van der Waals surface area contributed by atoms with Crippen molar-refractivity contribution < 1.29 is 9.59 Å². The van der Waals surface area contributed by atoms with Crippen LogP contribution in [0.5, 0.6) is 0 Å². The van der Waals surface area contributed by atoms with Crippen molar-refractivity contribution in [1.29, 1.82) is 0 Å². The van der Waals surface area contributed by atoms with Crippen LogP contribution in [0.4, 0.5) is 5.69 Å².